The van der Waals surface area contributed by atoms with Gasteiger partial charge in [0, 0.05) is 50.0 Å². The van der Waals surface area contributed by atoms with E-state index in [0.717, 1.165) is 48.6 Å². The van der Waals surface area contributed by atoms with Gasteiger partial charge in [0.15, 0.2) is 0 Å². The maximum Gasteiger partial charge on any atom is 0.210 e. The van der Waals surface area contributed by atoms with E-state index in [1.54, 1.807) is 18.6 Å². The molecule has 1 aromatic carbocycles. The Morgan fingerprint density at radius 2 is 2.07 bits per heavy atom. The predicted octanol–water partition coefficient (Wildman–Crippen LogP) is 1.65. The number of benzene rings is 1. The first kappa shape index (κ1) is 18.2. The molecule has 2 aliphatic rings. The number of hydrogen-bond donors (Lipinski definition) is 4. The fraction of sp³-hybridized carbons (Fsp3) is 0.238. The standard InChI is InChI=1S/C21H25N7/c22-21(19-5-1-4-18(16-19)17-6-11-23-12-7-17)25-13-8-20(27-21)24-9-2-14-28-15-3-10-26-28/h1,3-8,10-13,16,24,26-27H,2,9,14-15,22H2. The SMILES string of the molecule is NC1(c2cccc(-c3ccncc3)c2)N=CC=C(NCCCN2CC=CN2)N1. The summed E-state index contributed by atoms with van der Waals surface area (Å²) in [5.41, 5.74) is 12.9. The summed E-state index contributed by atoms with van der Waals surface area (Å²) in [6.45, 7) is 2.77. The zero-order valence-electron chi connectivity index (χ0n) is 15.7. The molecule has 0 spiro atoms. The number of hydrogen-bond acceptors (Lipinski definition) is 7. The Labute approximate surface area is 165 Å². The minimum atomic E-state index is -0.999. The Morgan fingerprint density at radius 3 is 2.89 bits per heavy atom. The lowest BCUT2D eigenvalue weighted by molar-refractivity contribution is 0.262. The highest BCUT2D eigenvalue weighted by molar-refractivity contribution is 5.74. The molecule has 3 heterocycles. The van der Waals surface area contributed by atoms with Crippen molar-refractivity contribution in [3.05, 3.63) is 78.5 Å². The van der Waals surface area contributed by atoms with Crippen molar-refractivity contribution in [2.45, 2.75) is 12.2 Å². The molecule has 1 atom stereocenters. The molecular formula is C21H25N7. The monoisotopic (exact) mass is 375 g/mol. The van der Waals surface area contributed by atoms with E-state index < -0.39 is 5.79 Å². The lowest BCUT2D eigenvalue weighted by Gasteiger charge is -2.32. The van der Waals surface area contributed by atoms with Crippen molar-refractivity contribution < 1.29 is 0 Å². The number of aliphatic imine (C=N–C) groups is 1. The normalized spacial score (nSPS) is 21.1. The molecule has 0 fully saturated rings. The van der Waals surface area contributed by atoms with Crippen LogP contribution in [0.4, 0.5) is 0 Å². The Bertz CT molecular complexity index is 883. The molecule has 2 aromatic rings. The fourth-order valence-corrected chi connectivity index (χ4v) is 3.28. The van der Waals surface area contributed by atoms with Crippen LogP contribution >= 0.6 is 0 Å². The van der Waals surface area contributed by atoms with Crippen LogP contribution in [0.25, 0.3) is 11.1 Å². The van der Waals surface area contributed by atoms with Crippen LogP contribution in [-0.2, 0) is 5.79 Å². The molecule has 7 heteroatoms. The largest absolute Gasteiger partial charge is 0.372 e. The summed E-state index contributed by atoms with van der Waals surface area (Å²) in [5.74, 6) is -0.125. The average molecular weight is 375 g/mol. The summed E-state index contributed by atoms with van der Waals surface area (Å²) >= 11 is 0. The highest BCUT2D eigenvalue weighted by atomic mass is 15.5. The van der Waals surface area contributed by atoms with Crippen LogP contribution in [0.3, 0.4) is 0 Å². The van der Waals surface area contributed by atoms with Crippen molar-refractivity contribution in [1.82, 2.24) is 26.1 Å². The van der Waals surface area contributed by atoms with E-state index in [4.69, 9.17) is 5.73 Å². The number of hydrazine groups is 1. The molecule has 144 valence electrons. The average Bonchev–Trinajstić information content (AvgIpc) is 3.26. The van der Waals surface area contributed by atoms with Crippen LogP contribution in [0.15, 0.2) is 78.0 Å². The molecule has 7 nitrogen and oxygen atoms in total. The molecule has 5 N–H and O–H groups in total. The van der Waals surface area contributed by atoms with Gasteiger partial charge in [0.2, 0.25) is 5.79 Å². The van der Waals surface area contributed by atoms with E-state index in [9.17, 15) is 0 Å². The third-order valence-electron chi connectivity index (χ3n) is 4.78. The van der Waals surface area contributed by atoms with Gasteiger partial charge in [-0.3, -0.25) is 10.7 Å². The minimum absolute atomic E-state index is 0.845. The third kappa shape index (κ3) is 4.21. The van der Waals surface area contributed by atoms with E-state index in [2.05, 4.69) is 49.3 Å². The smallest absolute Gasteiger partial charge is 0.210 e. The van der Waals surface area contributed by atoms with Gasteiger partial charge in [-0.2, -0.15) is 0 Å². The number of allylic oxidation sites excluding steroid dienone is 1. The summed E-state index contributed by atoms with van der Waals surface area (Å²) < 4.78 is 0. The number of rotatable bonds is 7. The summed E-state index contributed by atoms with van der Waals surface area (Å²) in [5, 5.41) is 8.91. The van der Waals surface area contributed by atoms with Gasteiger partial charge in [0.1, 0.15) is 5.82 Å². The van der Waals surface area contributed by atoms with Crippen molar-refractivity contribution in [1.29, 1.82) is 0 Å². The summed E-state index contributed by atoms with van der Waals surface area (Å²) in [7, 11) is 0. The number of nitrogens with zero attached hydrogens (tertiary/aromatic N) is 3. The molecule has 4 rings (SSSR count). The summed E-state index contributed by atoms with van der Waals surface area (Å²) in [6, 6.07) is 12.1. The molecule has 0 bridgehead atoms. The zero-order chi connectivity index (χ0) is 19.2. The van der Waals surface area contributed by atoms with Crippen LogP contribution < -0.4 is 21.8 Å². The van der Waals surface area contributed by atoms with E-state index >= 15 is 0 Å². The van der Waals surface area contributed by atoms with Gasteiger partial charge in [0.05, 0.1) is 0 Å². The van der Waals surface area contributed by atoms with Gasteiger partial charge in [0.25, 0.3) is 0 Å². The van der Waals surface area contributed by atoms with Gasteiger partial charge >= 0.3 is 0 Å². The third-order valence-corrected chi connectivity index (χ3v) is 4.78. The minimum Gasteiger partial charge on any atom is -0.372 e. The quantitative estimate of drug-likeness (QED) is 0.550. The van der Waals surface area contributed by atoms with Crippen molar-refractivity contribution >= 4 is 6.21 Å². The first-order valence-electron chi connectivity index (χ1n) is 9.46. The van der Waals surface area contributed by atoms with Crippen LogP contribution in [0.5, 0.6) is 0 Å². The van der Waals surface area contributed by atoms with Gasteiger partial charge in [-0.05, 0) is 41.8 Å². The van der Waals surface area contributed by atoms with Crippen molar-refractivity contribution in [2.75, 3.05) is 19.6 Å². The van der Waals surface area contributed by atoms with E-state index in [1.807, 2.05) is 36.5 Å². The topological polar surface area (TPSA) is 90.6 Å². The Hall–Kier alpha value is -3.16. The molecule has 0 saturated carbocycles. The zero-order valence-corrected chi connectivity index (χ0v) is 15.7. The Balaban J connectivity index is 1.38. The van der Waals surface area contributed by atoms with Crippen LogP contribution in [0.2, 0.25) is 0 Å². The molecule has 1 unspecified atom stereocenters. The van der Waals surface area contributed by atoms with E-state index in [0.29, 0.717) is 0 Å². The van der Waals surface area contributed by atoms with Gasteiger partial charge in [-0.25, -0.2) is 10.0 Å². The molecule has 2 aliphatic heterocycles. The second kappa shape index (κ2) is 8.24. The van der Waals surface area contributed by atoms with Crippen molar-refractivity contribution in [3.8, 4) is 11.1 Å². The number of pyridine rings is 1. The molecule has 0 radical (unpaired) electrons. The maximum absolute atomic E-state index is 6.59. The number of nitrogens with one attached hydrogen (secondary N) is 3. The molecule has 1 aromatic heterocycles. The number of nitrogens with two attached hydrogens (primary N) is 1. The molecule has 0 saturated heterocycles. The molecular weight excluding hydrogens is 350 g/mol. The lowest BCUT2D eigenvalue weighted by atomic mass is 10.0. The first-order chi connectivity index (χ1) is 13.7. The van der Waals surface area contributed by atoms with Gasteiger partial charge in [-0.1, -0.05) is 24.3 Å². The van der Waals surface area contributed by atoms with E-state index in [1.165, 1.54) is 0 Å². The molecule has 0 amide bonds. The highest BCUT2D eigenvalue weighted by Gasteiger charge is 2.28. The lowest BCUT2D eigenvalue weighted by Crippen LogP contribution is -2.52. The first-order valence-corrected chi connectivity index (χ1v) is 9.46. The van der Waals surface area contributed by atoms with E-state index in [-0.39, 0.29) is 0 Å². The molecule has 28 heavy (non-hydrogen) atoms. The Kier molecular flexibility index (Phi) is 5.36. The summed E-state index contributed by atoms with van der Waals surface area (Å²) in [4.78, 5) is 8.58. The maximum atomic E-state index is 6.59. The second-order valence-electron chi connectivity index (χ2n) is 6.82. The van der Waals surface area contributed by atoms with Gasteiger partial charge in [-0.15, -0.1) is 0 Å². The van der Waals surface area contributed by atoms with Crippen LogP contribution in [0.1, 0.15) is 12.0 Å². The highest BCUT2D eigenvalue weighted by Crippen LogP contribution is 2.26. The van der Waals surface area contributed by atoms with Crippen LogP contribution in [0, 0.1) is 0 Å². The van der Waals surface area contributed by atoms with Crippen molar-refractivity contribution in [2.24, 2.45) is 10.7 Å². The molecule has 0 aliphatic carbocycles. The second-order valence-corrected chi connectivity index (χ2v) is 6.82. The number of aromatic nitrogens is 1. The fourth-order valence-electron chi connectivity index (χ4n) is 3.28. The van der Waals surface area contributed by atoms with Crippen LogP contribution in [-0.4, -0.2) is 35.8 Å². The van der Waals surface area contributed by atoms with Gasteiger partial charge < -0.3 is 16.1 Å². The predicted molar refractivity (Wildman–Crippen MR) is 112 cm³/mol. The Morgan fingerprint density at radius 1 is 1.18 bits per heavy atom. The van der Waals surface area contributed by atoms with Crippen molar-refractivity contribution in [3.63, 3.8) is 0 Å². The summed E-state index contributed by atoms with van der Waals surface area (Å²) in [6.07, 6.45) is 12.3.